The number of amides is 1. The van der Waals surface area contributed by atoms with Gasteiger partial charge in [-0.1, -0.05) is 50.2 Å². The largest absolute Gasteiger partial charge is 0.495 e. The molecule has 2 N–H and O–H groups in total. The van der Waals surface area contributed by atoms with Gasteiger partial charge in [0.1, 0.15) is 5.75 Å². The third kappa shape index (κ3) is 7.26. The van der Waals surface area contributed by atoms with E-state index in [9.17, 15) is 13.2 Å². The number of rotatable bonds is 9. The zero-order valence-corrected chi connectivity index (χ0v) is 24.8. The first kappa shape index (κ1) is 29.7. The van der Waals surface area contributed by atoms with Crippen molar-refractivity contribution in [1.82, 2.24) is 19.8 Å². The molecule has 40 heavy (non-hydrogen) atoms. The minimum absolute atomic E-state index is 0.0659. The van der Waals surface area contributed by atoms with Crippen LogP contribution in [0.1, 0.15) is 58.9 Å². The van der Waals surface area contributed by atoms with Crippen LogP contribution in [0, 0.1) is 5.92 Å². The summed E-state index contributed by atoms with van der Waals surface area (Å²) in [4.78, 5) is 19.9. The van der Waals surface area contributed by atoms with Gasteiger partial charge in [0.15, 0.2) is 0 Å². The summed E-state index contributed by atoms with van der Waals surface area (Å²) in [7, 11) is -2.23. The minimum atomic E-state index is -3.71. The fourth-order valence-corrected chi connectivity index (χ4v) is 5.94. The highest BCUT2D eigenvalue weighted by molar-refractivity contribution is 7.89. The lowest BCUT2D eigenvalue weighted by Gasteiger charge is -2.30. The summed E-state index contributed by atoms with van der Waals surface area (Å²) in [6.07, 6.45) is 1.30. The van der Waals surface area contributed by atoms with E-state index < -0.39 is 10.0 Å². The number of nitrogens with zero attached hydrogens (tertiary/aromatic N) is 3. The first-order valence-corrected chi connectivity index (χ1v) is 15.0. The maximum atomic E-state index is 13.1. The van der Waals surface area contributed by atoms with Crippen molar-refractivity contribution in [3.8, 4) is 17.1 Å². The number of carbonyl (C=O) groups is 1. The van der Waals surface area contributed by atoms with E-state index >= 15 is 0 Å². The average Bonchev–Trinajstić information content (AvgIpc) is 3.36. The molecule has 4 rings (SSSR count). The van der Waals surface area contributed by atoms with Crippen molar-refractivity contribution >= 4 is 21.6 Å². The van der Waals surface area contributed by atoms with Crippen LogP contribution in [-0.4, -0.2) is 55.6 Å². The fourth-order valence-electron chi connectivity index (χ4n) is 4.67. The summed E-state index contributed by atoms with van der Waals surface area (Å²) in [5.74, 6) is 1.12. The molecule has 0 atom stereocenters. The zero-order valence-electron chi connectivity index (χ0n) is 24.0. The summed E-state index contributed by atoms with van der Waals surface area (Å²) >= 11 is 0. The number of methoxy groups -OCH3 is 1. The molecular formula is C29H39N5O5S. The normalized spacial score (nSPS) is 15.4. The molecule has 2 aromatic carbocycles. The Kier molecular flexibility index (Phi) is 8.96. The van der Waals surface area contributed by atoms with E-state index in [1.807, 2.05) is 12.1 Å². The fraction of sp³-hybridized carbons (Fsp3) is 0.483. The maximum Gasteiger partial charge on any atom is 0.241 e. The number of anilines is 1. The van der Waals surface area contributed by atoms with Gasteiger partial charge in [-0.15, -0.1) is 0 Å². The van der Waals surface area contributed by atoms with E-state index in [2.05, 4.69) is 58.0 Å². The molecule has 11 heteroatoms. The summed E-state index contributed by atoms with van der Waals surface area (Å²) in [6, 6.07) is 12.4. The minimum Gasteiger partial charge on any atom is -0.495 e. The molecule has 1 aliphatic rings. The maximum absolute atomic E-state index is 13.1. The number of nitrogens with one attached hydrogen (secondary N) is 2. The molecule has 1 amide bonds. The van der Waals surface area contributed by atoms with Crippen LogP contribution in [0.3, 0.4) is 0 Å². The second kappa shape index (κ2) is 12.1. The Morgan fingerprint density at radius 3 is 2.40 bits per heavy atom. The van der Waals surface area contributed by atoms with Crippen molar-refractivity contribution in [3.05, 3.63) is 53.9 Å². The average molecular weight is 570 g/mol. The third-order valence-electron chi connectivity index (χ3n) is 6.92. The molecule has 1 saturated heterocycles. The van der Waals surface area contributed by atoms with Crippen LogP contribution in [0.2, 0.25) is 0 Å². The van der Waals surface area contributed by atoms with Gasteiger partial charge in [0.2, 0.25) is 27.6 Å². The Morgan fingerprint density at radius 1 is 1.12 bits per heavy atom. The highest BCUT2D eigenvalue weighted by Gasteiger charge is 2.27. The van der Waals surface area contributed by atoms with Crippen LogP contribution in [0.15, 0.2) is 51.9 Å². The number of aromatic nitrogens is 2. The van der Waals surface area contributed by atoms with E-state index in [1.165, 1.54) is 24.8 Å². The summed E-state index contributed by atoms with van der Waals surface area (Å²) < 4.78 is 38.6. The molecule has 0 radical (unpaired) electrons. The van der Waals surface area contributed by atoms with Crippen LogP contribution in [0.4, 0.5) is 5.69 Å². The predicted molar refractivity (Wildman–Crippen MR) is 154 cm³/mol. The number of carbonyl (C=O) groups excluding carboxylic acids is 1. The molecular weight excluding hydrogens is 530 g/mol. The van der Waals surface area contributed by atoms with Crippen LogP contribution in [-0.2, 0) is 26.8 Å². The third-order valence-corrected chi connectivity index (χ3v) is 8.58. The molecule has 0 bridgehead atoms. The van der Waals surface area contributed by atoms with Crippen molar-refractivity contribution in [2.45, 2.75) is 70.4 Å². The van der Waals surface area contributed by atoms with Crippen LogP contribution >= 0.6 is 0 Å². The zero-order chi connectivity index (χ0) is 29.1. The van der Waals surface area contributed by atoms with Crippen molar-refractivity contribution < 1.29 is 22.5 Å². The number of sulfonamides is 1. The summed E-state index contributed by atoms with van der Waals surface area (Å²) in [5, 5.41) is 7.03. The molecule has 0 saturated carbocycles. The van der Waals surface area contributed by atoms with Gasteiger partial charge in [-0.25, -0.2) is 13.1 Å². The molecule has 216 valence electrons. The number of benzene rings is 2. The number of piperidine rings is 1. The van der Waals surface area contributed by atoms with E-state index in [-0.39, 0.29) is 28.2 Å². The Balaban J connectivity index is 1.34. The number of hydrogen-bond donors (Lipinski definition) is 2. The second-order valence-corrected chi connectivity index (χ2v) is 13.2. The van der Waals surface area contributed by atoms with E-state index in [4.69, 9.17) is 9.26 Å². The molecule has 3 aromatic rings. The van der Waals surface area contributed by atoms with Gasteiger partial charge in [0.25, 0.3) is 0 Å². The van der Waals surface area contributed by atoms with Gasteiger partial charge >= 0.3 is 0 Å². The van der Waals surface area contributed by atoms with Crippen molar-refractivity contribution in [2.24, 2.45) is 5.92 Å². The monoisotopic (exact) mass is 569 g/mol. The van der Waals surface area contributed by atoms with Crippen LogP contribution < -0.4 is 14.8 Å². The Hall–Kier alpha value is -3.28. The molecule has 0 unspecified atom stereocenters. The standard InChI is InChI=1S/C29H39N5O5S/c1-19(2)33-40(36,37)23-11-12-25(38-6)24(17-23)30-28(35)21-13-15-34(16-14-21)18-26-31-27(32-39-26)20-7-9-22(10-8-20)29(3,4)5/h7-12,17,19,21,33H,13-16,18H2,1-6H3,(H,30,35). The lowest BCUT2D eigenvalue weighted by Crippen LogP contribution is -2.38. The summed E-state index contributed by atoms with van der Waals surface area (Å²) in [6.45, 7) is 11.9. The highest BCUT2D eigenvalue weighted by atomic mass is 32.2. The number of ether oxygens (including phenoxy) is 1. The van der Waals surface area contributed by atoms with Gasteiger partial charge in [0.05, 0.1) is 24.2 Å². The lowest BCUT2D eigenvalue weighted by molar-refractivity contribution is -0.121. The lowest BCUT2D eigenvalue weighted by atomic mass is 9.87. The Bertz CT molecular complexity index is 1420. The molecule has 10 nitrogen and oxygen atoms in total. The topological polar surface area (TPSA) is 127 Å². The molecule has 0 spiro atoms. The van der Waals surface area contributed by atoms with Crippen molar-refractivity contribution in [3.63, 3.8) is 0 Å². The molecule has 1 fully saturated rings. The molecule has 1 aliphatic heterocycles. The number of likely N-dealkylation sites (tertiary alicyclic amines) is 1. The van der Waals surface area contributed by atoms with E-state index in [0.717, 1.165) is 5.56 Å². The van der Waals surface area contributed by atoms with Crippen LogP contribution in [0.25, 0.3) is 11.4 Å². The van der Waals surface area contributed by atoms with Crippen molar-refractivity contribution in [2.75, 3.05) is 25.5 Å². The van der Waals surface area contributed by atoms with Gasteiger partial charge in [-0.2, -0.15) is 4.98 Å². The first-order chi connectivity index (χ1) is 18.9. The SMILES string of the molecule is COc1ccc(S(=O)(=O)NC(C)C)cc1NC(=O)C1CCN(Cc2nc(-c3ccc(C(C)(C)C)cc3)no2)CC1. The smallest absolute Gasteiger partial charge is 0.241 e. The Morgan fingerprint density at radius 2 is 1.80 bits per heavy atom. The van der Waals surface area contributed by atoms with Crippen molar-refractivity contribution in [1.29, 1.82) is 0 Å². The van der Waals surface area contributed by atoms with Crippen LogP contribution in [0.5, 0.6) is 5.75 Å². The van der Waals surface area contributed by atoms with Gasteiger partial charge in [-0.3, -0.25) is 9.69 Å². The number of hydrogen-bond acceptors (Lipinski definition) is 8. The van der Waals surface area contributed by atoms with E-state index in [1.54, 1.807) is 19.9 Å². The molecule has 2 heterocycles. The van der Waals surface area contributed by atoms with Gasteiger partial charge < -0.3 is 14.6 Å². The Labute approximate surface area is 236 Å². The van der Waals surface area contributed by atoms with E-state index in [0.29, 0.717) is 55.6 Å². The predicted octanol–water partition coefficient (Wildman–Crippen LogP) is 4.58. The summed E-state index contributed by atoms with van der Waals surface area (Å²) in [5.41, 5.74) is 2.55. The highest BCUT2D eigenvalue weighted by Crippen LogP contribution is 2.30. The van der Waals surface area contributed by atoms with Gasteiger partial charge in [-0.05, 0) is 69.0 Å². The quantitative estimate of drug-likeness (QED) is 0.384. The molecule has 0 aliphatic carbocycles. The first-order valence-electron chi connectivity index (χ1n) is 13.5. The second-order valence-electron chi connectivity index (χ2n) is 11.5. The molecule has 1 aromatic heterocycles. The van der Waals surface area contributed by atoms with Gasteiger partial charge in [0, 0.05) is 17.5 Å².